The highest BCUT2D eigenvalue weighted by atomic mass is 32.1. The fraction of sp³-hybridized carbons (Fsp3) is 0.583. The van der Waals surface area contributed by atoms with E-state index in [9.17, 15) is 5.11 Å². The smallest absolute Gasteiger partial charge is 0.138 e. The van der Waals surface area contributed by atoms with Crippen molar-refractivity contribution in [3.05, 3.63) is 28.2 Å². The topological polar surface area (TPSA) is 63.8 Å². The first kappa shape index (κ1) is 13.2. The van der Waals surface area contributed by atoms with Crippen LogP contribution in [0, 0.1) is 6.92 Å². The van der Waals surface area contributed by atoms with Crippen LogP contribution in [-0.4, -0.2) is 31.0 Å². The molecule has 98 valence electrons. The van der Waals surface area contributed by atoms with E-state index in [2.05, 4.69) is 22.0 Å². The number of aliphatic hydroxyl groups is 1. The molecule has 6 heteroatoms. The van der Waals surface area contributed by atoms with Crippen molar-refractivity contribution in [2.75, 3.05) is 0 Å². The van der Waals surface area contributed by atoms with E-state index >= 15 is 0 Å². The Morgan fingerprint density at radius 1 is 1.44 bits per heavy atom. The number of aromatic nitrogens is 4. The summed E-state index contributed by atoms with van der Waals surface area (Å²) in [5.74, 6) is 0.844. The molecule has 2 aromatic heterocycles. The Hall–Kier alpha value is -1.27. The molecule has 0 saturated carbocycles. The van der Waals surface area contributed by atoms with E-state index in [0.717, 1.165) is 29.5 Å². The molecule has 2 aromatic rings. The molecule has 0 spiro atoms. The highest BCUT2D eigenvalue weighted by molar-refractivity contribution is 7.09. The maximum atomic E-state index is 10.1. The van der Waals surface area contributed by atoms with Crippen molar-refractivity contribution >= 4 is 11.3 Å². The van der Waals surface area contributed by atoms with Crippen LogP contribution in [0.3, 0.4) is 0 Å². The van der Waals surface area contributed by atoms with Gasteiger partial charge in [0.1, 0.15) is 12.2 Å². The van der Waals surface area contributed by atoms with Gasteiger partial charge >= 0.3 is 0 Å². The lowest BCUT2D eigenvalue weighted by molar-refractivity contribution is 0.170. The van der Waals surface area contributed by atoms with Crippen LogP contribution in [0.5, 0.6) is 0 Å². The standard InChI is InChI=1S/C12H18N4OS/c1-3-4-16-12(13-8-14-16)6-11(17)5-10-7-18-9(2)15-10/h7-8,11,17H,3-6H2,1-2H3. The molecule has 18 heavy (non-hydrogen) atoms. The molecule has 0 saturated heterocycles. The summed E-state index contributed by atoms with van der Waals surface area (Å²) < 4.78 is 1.86. The Morgan fingerprint density at radius 2 is 2.28 bits per heavy atom. The molecule has 0 fully saturated rings. The number of thiazole rings is 1. The second kappa shape index (κ2) is 6.06. The van der Waals surface area contributed by atoms with Crippen LogP contribution in [0.15, 0.2) is 11.7 Å². The van der Waals surface area contributed by atoms with Gasteiger partial charge in [0.25, 0.3) is 0 Å². The van der Waals surface area contributed by atoms with Crippen molar-refractivity contribution in [3.63, 3.8) is 0 Å². The minimum atomic E-state index is -0.452. The lowest BCUT2D eigenvalue weighted by atomic mass is 10.1. The molecule has 0 amide bonds. The number of aliphatic hydroxyl groups excluding tert-OH is 1. The van der Waals surface area contributed by atoms with E-state index in [1.807, 2.05) is 17.0 Å². The molecule has 0 aromatic carbocycles. The van der Waals surface area contributed by atoms with Gasteiger partial charge in [-0.2, -0.15) is 5.10 Å². The molecule has 0 aliphatic heterocycles. The van der Waals surface area contributed by atoms with Crippen LogP contribution in [0.25, 0.3) is 0 Å². The van der Waals surface area contributed by atoms with Gasteiger partial charge in [-0.15, -0.1) is 11.3 Å². The summed E-state index contributed by atoms with van der Waals surface area (Å²) in [5, 5.41) is 17.2. The average molecular weight is 266 g/mol. The molecule has 0 aliphatic rings. The number of hydrogen-bond acceptors (Lipinski definition) is 5. The summed E-state index contributed by atoms with van der Waals surface area (Å²) in [6.07, 6.45) is 3.20. The van der Waals surface area contributed by atoms with Crippen LogP contribution in [0.1, 0.15) is 29.9 Å². The number of rotatable bonds is 6. The Kier molecular flexibility index (Phi) is 4.43. The van der Waals surface area contributed by atoms with E-state index in [-0.39, 0.29) is 0 Å². The summed E-state index contributed by atoms with van der Waals surface area (Å²) in [6.45, 7) is 4.91. The quantitative estimate of drug-likeness (QED) is 0.862. The lowest BCUT2D eigenvalue weighted by Crippen LogP contribution is -2.18. The third kappa shape index (κ3) is 3.36. The van der Waals surface area contributed by atoms with Gasteiger partial charge in [-0.3, -0.25) is 4.68 Å². The van der Waals surface area contributed by atoms with Crippen molar-refractivity contribution in [2.45, 2.75) is 45.8 Å². The van der Waals surface area contributed by atoms with Crippen LogP contribution in [-0.2, 0) is 19.4 Å². The van der Waals surface area contributed by atoms with E-state index in [1.54, 1.807) is 17.7 Å². The SMILES string of the molecule is CCCn1ncnc1CC(O)Cc1csc(C)n1. The summed E-state index contributed by atoms with van der Waals surface area (Å²) >= 11 is 1.61. The van der Waals surface area contributed by atoms with E-state index < -0.39 is 6.10 Å². The molecule has 5 nitrogen and oxygen atoms in total. The zero-order valence-corrected chi connectivity index (χ0v) is 11.5. The normalized spacial score (nSPS) is 12.8. The molecule has 1 unspecified atom stereocenters. The molecule has 1 atom stereocenters. The monoisotopic (exact) mass is 266 g/mol. The lowest BCUT2D eigenvalue weighted by Gasteiger charge is -2.09. The highest BCUT2D eigenvalue weighted by Crippen LogP contribution is 2.11. The second-order valence-corrected chi connectivity index (χ2v) is 5.38. The van der Waals surface area contributed by atoms with E-state index in [0.29, 0.717) is 12.8 Å². The van der Waals surface area contributed by atoms with Crippen molar-refractivity contribution in [1.82, 2.24) is 19.7 Å². The fourth-order valence-corrected chi connectivity index (χ4v) is 2.50. The molecular formula is C12H18N4OS. The van der Waals surface area contributed by atoms with Gasteiger partial charge < -0.3 is 5.11 Å². The zero-order chi connectivity index (χ0) is 13.0. The van der Waals surface area contributed by atoms with Crippen LogP contribution < -0.4 is 0 Å². The zero-order valence-electron chi connectivity index (χ0n) is 10.7. The predicted molar refractivity (Wildman–Crippen MR) is 70.6 cm³/mol. The first-order valence-corrected chi connectivity index (χ1v) is 7.02. The van der Waals surface area contributed by atoms with Crippen molar-refractivity contribution in [3.8, 4) is 0 Å². The summed E-state index contributed by atoms with van der Waals surface area (Å²) in [6, 6.07) is 0. The van der Waals surface area contributed by atoms with Crippen LogP contribution >= 0.6 is 11.3 Å². The second-order valence-electron chi connectivity index (χ2n) is 4.32. The molecule has 0 radical (unpaired) electrons. The number of nitrogens with zero attached hydrogens (tertiary/aromatic N) is 4. The fourth-order valence-electron chi connectivity index (χ4n) is 1.87. The van der Waals surface area contributed by atoms with Gasteiger partial charge in [0, 0.05) is 24.8 Å². The molecule has 1 N–H and O–H groups in total. The van der Waals surface area contributed by atoms with Gasteiger partial charge in [0.2, 0.25) is 0 Å². The molecule has 0 aliphatic carbocycles. The minimum absolute atomic E-state index is 0.452. The Bertz CT molecular complexity index is 494. The third-order valence-electron chi connectivity index (χ3n) is 2.66. The Labute approximate surface area is 111 Å². The maximum absolute atomic E-state index is 10.1. The minimum Gasteiger partial charge on any atom is -0.392 e. The van der Waals surface area contributed by atoms with Crippen molar-refractivity contribution in [1.29, 1.82) is 0 Å². The van der Waals surface area contributed by atoms with Gasteiger partial charge in [-0.1, -0.05) is 6.92 Å². The van der Waals surface area contributed by atoms with Crippen LogP contribution in [0.2, 0.25) is 0 Å². The number of aryl methyl sites for hydroxylation is 2. The first-order valence-electron chi connectivity index (χ1n) is 6.14. The molecule has 2 heterocycles. The van der Waals surface area contributed by atoms with Gasteiger partial charge in [0.15, 0.2) is 0 Å². The predicted octanol–water partition coefficient (Wildman–Crippen LogP) is 1.60. The van der Waals surface area contributed by atoms with Gasteiger partial charge in [0.05, 0.1) is 16.8 Å². The summed E-state index contributed by atoms with van der Waals surface area (Å²) in [7, 11) is 0. The van der Waals surface area contributed by atoms with Crippen LogP contribution in [0.4, 0.5) is 0 Å². The highest BCUT2D eigenvalue weighted by Gasteiger charge is 2.13. The first-order chi connectivity index (χ1) is 8.69. The summed E-state index contributed by atoms with van der Waals surface area (Å²) in [5.41, 5.74) is 0.951. The Morgan fingerprint density at radius 3 is 2.94 bits per heavy atom. The van der Waals surface area contributed by atoms with Gasteiger partial charge in [-0.05, 0) is 13.3 Å². The van der Waals surface area contributed by atoms with Crippen molar-refractivity contribution in [2.24, 2.45) is 0 Å². The van der Waals surface area contributed by atoms with Crippen molar-refractivity contribution < 1.29 is 5.11 Å². The molecule has 2 rings (SSSR count). The Balaban J connectivity index is 1.94. The van der Waals surface area contributed by atoms with E-state index in [1.165, 1.54) is 0 Å². The molecule has 0 bridgehead atoms. The average Bonchev–Trinajstić information content (AvgIpc) is 2.90. The van der Waals surface area contributed by atoms with E-state index in [4.69, 9.17) is 0 Å². The number of hydrogen-bond donors (Lipinski definition) is 1. The summed E-state index contributed by atoms with van der Waals surface area (Å²) in [4.78, 5) is 8.55. The maximum Gasteiger partial charge on any atom is 0.138 e. The third-order valence-corrected chi connectivity index (χ3v) is 3.48. The largest absolute Gasteiger partial charge is 0.392 e. The molecular weight excluding hydrogens is 248 g/mol. The van der Waals surface area contributed by atoms with Gasteiger partial charge in [-0.25, -0.2) is 9.97 Å².